The first kappa shape index (κ1) is 23.0. The maximum absolute atomic E-state index is 11.4. The van der Waals surface area contributed by atoms with Gasteiger partial charge in [0, 0.05) is 11.8 Å². The van der Waals surface area contributed by atoms with E-state index in [1.165, 1.54) is 31.8 Å². The van der Waals surface area contributed by atoms with Crippen molar-refractivity contribution in [2.24, 2.45) is 11.8 Å². The zero-order valence-corrected chi connectivity index (χ0v) is 17.1. The van der Waals surface area contributed by atoms with Crippen LogP contribution in [0.25, 0.3) is 0 Å². The number of carbonyl (C=O) groups excluding carboxylic acids is 1. The number of rotatable bonds is 13. The van der Waals surface area contributed by atoms with Gasteiger partial charge in [-0.05, 0) is 55.1 Å². The highest BCUT2D eigenvalue weighted by Gasteiger charge is 2.08. The third kappa shape index (κ3) is 12.1. The van der Waals surface area contributed by atoms with E-state index in [9.17, 15) is 4.79 Å². The minimum atomic E-state index is -0.302. The lowest BCUT2D eigenvalue weighted by Gasteiger charge is -2.15. The van der Waals surface area contributed by atoms with Gasteiger partial charge in [-0.15, -0.1) is 0 Å². The van der Waals surface area contributed by atoms with Crippen molar-refractivity contribution in [1.82, 2.24) is 0 Å². The van der Waals surface area contributed by atoms with Gasteiger partial charge in [0.1, 0.15) is 0 Å². The van der Waals surface area contributed by atoms with Gasteiger partial charge in [-0.2, -0.15) is 37.9 Å². The smallest absolute Gasteiger partial charge is 0.331 e. The third-order valence-corrected chi connectivity index (χ3v) is 5.29. The molecule has 0 saturated carbocycles. The molecule has 0 aromatic heterocycles. The molecule has 0 saturated heterocycles. The lowest BCUT2D eigenvalue weighted by molar-refractivity contribution is -0.137. The first-order chi connectivity index (χ1) is 11.1. The summed E-state index contributed by atoms with van der Waals surface area (Å²) < 4.78 is 4.92. The molecule has 2 unspecified atom stereocenters. The number of hydrogen-bond donors (Lipinski definition) is 3. The molecular formula is C18H32O2S3. The van der Waals surface area contributed by atoms with Gasteiger partial charge in [0.25, 0.3) is 0 Å². The molecule has 0 N–H and O–H groups in total. The van der Waals surface area contributed by atoms with Crippen LogP contribution in [-0.2, 0) is 9.53 Å². The highest BCUT2D eigenvalue weighted by atomic mass is 32.1. The Bertz CT molecular complexity index is 363. The highest BCUT2D eigenvalue weighted by Crippen LogP contribution is 2.20. The highest BCUT2D eigenvalue weighted by molar-refractivity contribution is 7.80. The summed E-state index contributed by atoms with van der Waals surface area (Å²) in [6, 6.07) is 0. The van der Waals surface area contributed by atoms with Crippen molar-refractivity contribution in [3.05, 3.63) is 23.8 Å². The number of allylic oxidation sites excluding steroid dienone is 2. The van der Waals surface area contributed by atoms with E-state index in [-0.39, 0.29) is 5.97 Å². The summed E-state index contributed by atoms with van der Waals surface area (Å²) in [4.78, 5) is 11.4. The Balaban J connectivity index is 4.28. The first-order valence-electron chi connectivity index (χ1n) is 8.47. The standard InChI is InChI=1S/C18H32O2S3/c1-3-15(12-21)7-5-8-16(13-22)9-6-10-17(14-23)11-18(19)20-4-2/h6,10-11,15-16,21-23H,3-5,7-9,12-14H2,1-2H3. The Morgan fingerprint density at radius 2 is 1.74 bits per heavy atom. The fourth-order valence-electron chi connectivity index (χ4n) is 2.30. The van der Waals surface area contributed by atoms with E-state index in [4.69, 9.17) is 4.74 Å². The van der Waals surface area contributed by atoms with Crippen LogP contribution in [0.3, 0.4) is 0 Å². The van der Waals surface area contributed by atoms with Gasteiger partial charge < -0.3 is 4.74 Å². The molecule has 0 aromatic carbocycles. The molecular weight excluding hydrogens is 344 g/mol. The molecule has 0 aromatic rings. The summed E-state index contributed by atoms with van der Waals surface area (Å²) in [5.74, 6) is 3.41. The second kappa shape index (κ2) is 15.5. The van der Waals surface area contributed by atoms with Crippen molar-refractivity contribution in [2.75, 3.05) is 23.9 Å². The fourth-order valence-corrected chi connectivity index (χ4v) is 3.27. The van der Waals surface area contributed by atoms with E-state index < -0.39 is 0 Å². The molecule has 5 heteroatoms. The lowest BCUT2D eigenvalue weighted by Crippen LogP contribution is -2.05. The third-order valence-electron chi connectivity index (χ3n) is 3.89. The predicted molar refractivity (Wildman–Crippen MR) is 111 cm³/mol. The second-order valence-corrected chi connectivity index (χ2v) is 6.75. The maximum atomic E-state index is 11.4. The molecule has 134 valence electrons. The van der Waals surface area contributed by atoms with E-state index in [0.717, 1.165) is 29.4 Å². The van der Waals surface area contributed by atoms with Gasteiger partial charge in [0.15, 0.2) is 0 Å². The zero-order valence-electron chi connectivity index (χ0n) is 14.4. The topological polar surface area (TPSA) is 26.3 Å². The summed E-state index contributed by atoms with van der Waals surface area (Å²) in [6.07, 6.45) is 11.5. The molecule has 0 bridgehead atoms. The molecule has 0 heterocycles. The SMILES string of the molecule is CCOC(=O)C=C(C=CCC(CS)CCCC(CC)CS)CS. The van der Waals surface area contributed by atoms with Crippen molar-refractivity contribution in [2.45, 2.75) is 46.0 Å². The summed E-state index contributed by atoms with van der Waals surface area (Å²) in [5, 5.41) is 0. The van der Waals surface area contributed by atoms with Crippen molar-refractivity contribution < 1.29 is 9.53 Å². The van der Waals surface area contributed by atoms with Gasteiger partial charge in [0.2, 0.25) is 0 Å². The molecule has 2 atom stereocenters. The van der Waals surface area contributed by atoms with Crippen LogP contribution < -0.4 is 0 Å². The predicted octanol–water partition coefficient (Wildman–Crippen LogP) is 5.02. The summed E-state index contributed by atoms with van der Waals surface area (Å²) in [5.41, 5.74) is 0.880. The monoisotopic (exact) mass is 376 g/mol. The molecule has 2 nitrogen and oxygen atoms in total. The number of esters is 1. The molecule has 0 radical (unpaired) electrons. The molecule has 0 rings (SSSR count). The fraction of sp³-hybridized carbons (Fsp3) is 0.722. The van der Waals surface area contributed by atoms with Crippen LogP contribution in [0.15, 0.2) is 23.8 Å². The molecule has 23 heavy (non-hydrogen) atoms. The largest absolute Gasteiger partial charge is 0.463 e. The average Bonchev–Trinajstić information content (AvgIpc) is 2.56. The molecule has 0 amide bonds. The Hall–Kier alpha value is -0.000000000000000111. The van der Waals surface area contributed by atoms with Gasteiger partial charge >= 0.3 is 5.97 Å². The molecule has 0 aliphatic rings. The van der Waals surface area contributed by atoms with Gasteiger partial charge in [0.05, 0.1) is 6.61 Å². The number of thiol groups is 3. The van der Waals surface area contributed by atoms with Crippen molar-refractivity contribution in [1.29, 1.82) is 0 Å². The number of carbonyl (C=O) groups is 1. The quantitative estimate of drug-likeness (QED) is 0.182. The van der Waals surface area contributed by atoms with E-state index in [0.29, 0.717) is 18.3 Å². The minimum absolute atomic E-state index is 0.302. The van der Waals surface area contributed by atoms with Crippen molar-refractivity contribution in [3.63, 3.8) is 0 Å². The Kier molecular flexibility index (Phi) is 15.5. The maximum Gasteiger partial charge on any atom is 0.331 e. The van der Waals surface area contributed by atoms with Crippen molar-refractivity contribution >= 4 is 43.9 Å². The summed E-state index contributed by atoms with van der Waals surface area (Å²) in [6.45, 7) is 4.43. The van der Waals surface area contributed by atoms with E-state index in [1.807, 2.05) is 6.08 Å². The molecule has 0 spiro atoms. The molecule has 0 fully saturated rings. The Morgan fingerprint density at radius 1 is 1.09 bits per heavy atom. The normalized spacial score (nSPS) is 14.9. The van der Waals surface area contributed by atoms with Crippen LogP contribution in [0.2, 0.25) is 0 Å². The summed E-state index contributed by atoms with van der Waals surface area (Å²) in [7, 11) is 0. The van der Waals surface area contributed by atoms with Crippen LogP contribution in [0, 0.1) is 11.8 Å². The van der Waals surface area contributed by atoms with Crippen LogP contribution in [-0.4, -0.2) is 29.8 Å². The van der Waals surface area contributed by atoms with Crippen molar-refractivity contribution in [3.8, 4) is 0 Å². The average molecular weight is 377 g/mol. The first-order valence-corrected chi connectivity index (χ1v) is 10.4. The van der Waals surface area contributed by atoms with Gasteiger partial charge in [-0.1, -0.05) is 31.9 Å². The Morgan fingerprint density at radius 3 is 2.26 bits per heavy atom. The van der Waals surface area contributed by atoms with E-state index >= 15 is 0 Å². The van der Waals surface area contributed by atoms with Crippen LogP contribution >= 0.6 is 37.9 Å². The van der Waals surface area contributed by atoms with Crippen LogP contribution in [0.1, 0.15) is 46.0 Å². The van der Waals surface area contributed by atoms with Crippen LogP contribution in [0.4, 0.5) is 0 Å². The lowest BCUT2D eigenvalue weighted by atomic mass is 9.95. The molecule has 0 aliphatic carbocycles. The summed E-state index contributed by atoms with van der Waals surface area (Å²) >= 11 is 13.1. The number of ether oxygens (including phenoxy) is 1. The van der Waals surface area contributed by atoms with Crippen LogP contribution in [0.5, 0.6) is 0 Å². The van der Waals surface area contributed by atoms with Gasteiger partial charge in [-0.25, -0.2) is 4.79 Å². The minimum Gasteiger partial charge on any atom is -0.463 e. The zero-order chi connectivity index (χ0) is 17.5. The Labute approximate surface area is 158 Å². The van der Waals surface area contributed by atoms with Gasteiger partial charge in [-0.3, -0.25) is 0 Å². The van der Waals surface area contributed by atoms with E-state index in [1.54, 1.807) is 6.92 Å². The second-order valence-electron chi connectivity index (χ2n) is 5.70. The number of hydrogen-bond acceptors (Lipinski definition) is 5. The van der Waals surface area contributed by atoms with E-state index in [2.05, 4.69) is 50.9 Å². The molecule has 0 aliphatic heterocycles.